The quantitative estimate of drug-likeness (QED) is 0.840. The Hall–Kier alpha value is -1.85. The first kappa shape index (κ1) is 13.6. The molecule has 0 aromatic carbocycles. The van der Waals surface area contributed by atoms with Crippen LogP contribution in [0.2, 0.25) is 0 Å². The van der Waals surface area contributed by atoms with E-state index in [4.69, 9.17) is 0 Å². The standard InChI is InChI=1S/C13H19N3O3/c1-13(2,3)5-11(17)16-6-9-8(14-7-15-9)4-10(16)12(18)19/h7,10H,4-6H2,1-3H3,(H,14,15)(H,18,19). The van der Waals surface area contributed by atoms with Gasteiger partial charge >= 0.3 is 5.97 Å². The maximum absolute atomic E-state index is 12.3. The van der Waals surface area contributed by atoms with E-state index in [-0.39, 0.29) is 17.7 Å². The molecule has 6 nitrogen and oxygen atoms in total. The van der Waals surface area contributed by atoms with Crippen molar-refractivity contribution in [3.05, 3.63) is 17.7 Å². The van der Waals surface area contributed by atoms with Crippen LogP contribution >= 0.6 is 0 Å². The maximum Gasteiger partial charge on any atom is 0.326 e. The van der Waals surface area contributed by atoms with Crippen molar-refractivity contribution in [3.63, 3.8) is 0 Å². The second-order valence-corrected chi connectivity index (χ2v) is 6.15. The van der Waals surface area contributed by atoms with Crippen LogP contribution in [0.4, 0.5) is 0 Å². The largest absolute Gasteiger partial charge is 0.480 e. The highest BCUT2D eigenvalue weighted by Gasteiger charge is 2.36. The zero-order valence-corrected chi connectivity index (χ0v) is 11.4. The molecule has 1 atom stereocenters. The van der Waals surface area contributed by atoms with Gasteiger partial charge in [0.15, 0.2) is 0 Å². The lowest BCUT2D eigenvalue weighted by atomic mass is 9.90. The summed E-state index contributed by atoms with van der Waals surface area (Å²) < 4.78 is 0. The number of aromatic nitrogens is 2. The Kier molecular flexibility index (Phi) is 3.34. The second-order valence-electron chi connectivity index (χ2n) is 6.15. The molecule has 2 rings (SSSR count). The lowest BCUT2D eigenvalue weighted by molar-refractivity contribution is -0.152. The molecule has 0 saturated carbocycles. The predicted octanol–water partition coefficient (Wildman–Crippen LogP) is 1.18. The van der Waals surface area contributed by atoms with Gasteiger partial charge < -0.3 is 15.0 Å². The predicted molar refractivity (Wildman–Crippen MR) is 68.3 cm³/mol. The maximum atomic E-state index is 12.3. The molecular formula is C13H19N3O3. The van der Waals surface area contributed by atoms with Crippen molar-refractivity contribution in [2.75, 3.05) is 0 Å². The van der Waals surface area contributed by atoms with Gasteiger partial charge in [0.2, 0.25) is 5.91 Å². The number of rotatable bonds is 2. The minimum atomic E-state index is -0.976. The summed E-state index contributed by atoms with van der Waals surface area (Å²) in [6.07, 6.45) is 2.14. The highest BCUT2D eigenvalue weighted by molar-refractivity contribution is 5.84. The van der Waals surface area contributed by atoms with Crippen LogP contribution in [0.25, 0.3) is 0 Å². The Bertz CT molecular complexity index is 501. The first-order valence-corrected chi connectivity index (χ1v) is 6.31. The van der Waals surface area contributed by atoms with Crippen molar-refractivity contribution in [1.29, 1.82) is 0 Å². The minimum Gasteiger partial charge on any atom is -0.480 e. The van der Waals surface area contributed by atoms with Gasteiger partial charge in [-0.3, -0.25) is 4.79 Å². The molecule has 2 N–H and O–H groups in total. The molecule has 0 aliphatic carbocycles. The number of fused-ring (bicyclic) bond motifs is 1. The van der Waals surface area contributed by atoms with Gasteiger partial charge in [-0.15, -0.1) is 0 Å². The number of aromatic amines is 1. The van der Waals surface area contributed by atoms with E-state index in [1.807, 2.05) is 20.8 Å². The van der Waals surface area contributed by atoms with Gasteiger partial charge in [0.1, 0.15) is 6.04 Å². The number of carbonyl (C=O) groups excluding carboxylic acids is 1. The molecule has 19 heavy (non-hydrogen) atoms. The Labute approximate surface area is 111 Å². The number of nitrogens with zero attached hydrogens (tertiary/aromatic N) is 2. The first-order valence-electron chi connectivity index (χ1n) is 6.31. The van der Waals surface area contributed by atoms with Crippen molar-refractivity contribution in [2.24, 2.45) is 5.41 Å². The lowest BCUT2D eigenvalue weighted by Crippen LogP contribution is -2.49. The number of H-pyrrole nitrogens is 1. The normalized spacial score (nSPS) is 19.1. The number of hydrogen-bond acceptors (Lipinski definition) is 3. The molecule has 1 aromatic heterocycles. The van der Waals surface area contributed by atoms with Crippen molar-refractivity contribution in [1.82, 2.24) is 14.9 Å². The zero-order chi connectivity index (χ0) is 14.2. The average molecular weight is 265 g/mol. The van der Waals surface area contributed by atoms with E-state index < -0.39 is 12.0 Å². The topological polar surface area (TPSA) is 86.3 Å². The number of carbonyl (C=O) groups is 2. The number of carboxylic acid groups (broad SMARTS) is 1. The SMILES string of the molecule is CC(C)(C)CC(=O)N1Cc2[nH]cnc2CC1C(=O)O. The molecule has 1 amide bonds. The van der Waals surface area contributed by atoms with Crippen LogP contribution in [0.1, 0.15) is 38.6 Å². The monoisotopic (exact) mass is 265 g/mol. The van der Waals surface area contributed by atoms with E-state index in [1.165, 1.54) is 4.90 Å². The van der Waals surface area contributed by atoms with Crippen molar-refractivity contribution >= 4 is 11.9 Å². The number of amides is 1. The summed E-state index contributed by atoms with van der Waals surface area (Å²) in [7, 11) is 0. The summed E-state index contributed by atoms with van der Waals surface area (Å²) >= 11 is 0. The van der Waals surface area contributed by atoms with Crippen LogP contribution in [0.3, 0.4) is 0 Å². The molecule has 104 valence electrons. The average Bonchev–Trinajstić information content (AvgIpc) is 2.71. The molecule has 0 radical (unpaired) electrons. The first-order chi connectivity index (χ1) is 8.78. The van der Waals surface area contributed by atoms with Crippen LogP contribution in [-0.2, 0) is 22.6 Å². The summed E-state index contributed by atoms with van der Waals surface area (Å²) in [6.45, 7) is 6.19. The van der Waals surface area contributed by atoms with Gasteiger partial charge in [-0.1, -0.05) is 20.8 Å². The van der Waals surface area contributed by atoms with Crippen molar-refractivity contribution in [2.45, 2.75) is 46.2 Å². The van der Waals surface area contributed by atoms with E-state index in [0.29, 0.717) is 13.0 Å². The van der Waals surface area contributed by atoms with Gasteiger partial charge in [-0.05, 0) is 5.41 Å². The molecule has 0 bridgehead atoms. The Morgan fingerprint density at radius 2 is 2.21 bits per heavy atom. The summed E-state index contributed by atoms with van der Waals surface area (Å²) in [6, 6.07) is -0.814. The molecule has 1 aromatic rings. The summed E-state index contributed by atoms with van der Waals surface area (Å²) in [5.74, 6) is -1.10. The number of nitrogens with one attached hydrogen (secondary N) is 1. The summed E-state index contributed by atoms with van der Waals surface area (Å²) in [4.78, 5) is 32.1. The highest BCUT2D eigenvalue weighted by Crippen LogP contribution is 2.26. The molecule has 2 heterocycles. The molecular weight excluding hydrogens is 246 g/mol. The smallest absolute Gasteiger partial charge is 0.326 e. The zero-order valence-electron chi connectivity index (χ0n) is 11.4. The van der Waals surface area contributed by atoms with Crippen LogP contribution in [0.5, 0.6) is 0 Å². The number of carboxylic acids is 1. The lowest BCUT2D eigenvalue weighted by Gasteiger charge is -2.34. The van der Waals surface area contributed by atoms with Crippen LogP contribution in [-0.4, -0.2) is 37.9 Å². The minimum absolute atomic E-state index is 0.125. The van der Waals surface area contributed by atoms with Crippen LogP contribution in [0.15, 0.2) is 6.33 Å². The van der Waals surface area contributed by atoms with Gasteiger partial charge in [-0.25, -0.2) is 9.78 Å². The third-order valence-corrected chi connectivity index (χ3v) is 3.19. The van der Waals surface area contributed by atoms with Crippen LogP contribution in [0, 0.1) is 5.41 Å². The fourth-order valence-electron chi connectivity index (χ4n) is 2.27. The fourth-order valence-corrected chi connectivity index (χ4v) is 2.27. The van der Waals surface area contributed by atoms with Gasteiger partial charge in [0.05, 0.1) is 24.3 Å². The molecule has 0 saturated heterocycles. The van der Waals surface area contributed by atoms with Crippen molar-refractivity contribution < 1.29 is 14.7 Å². The van der Waals surface area contributed by atoms with E-state index in [2.05, 4.69) is 9.97 Å². The summed E-state index contributed by atoms with van der Waals surface area (Å²) in [5.41, 5.74) is 1.42. The second kappa shape index (κ2) is 4.68. The van der Waals surface area contributed by atoms with E-state index in [0.717, 1.165) is 11.4 Å². The molecule has 0 spiro atoms. The van der Waals surface area contributed by atoms with Crippen molar-refractivity contribution in [3.8, 4) is 0 Å². The highest BCUT2D eigenvalue weighted by atomic mass is 16.4. The summed E-state index contributed by atoms with van der Waals surface area (Å²) in [5, 5.41) is 9.29. The Morgan fingerprint density at radius 1 is 1.53 bits per heavy atom. The number of hydrogen-bond donors (Lipinski definition) is 2. The molecule has 1 unspecified atom stereocenters. The van der Waals surface area contributed by atoms with E-state index in [1.54, 1.807) is 6.33 Å². The Morgan fingerprint density at radius 3 is 2.79 bits per heavy atom. The Balaban J connectivity index is 2.22. The van der Waals surface area contributed by atoms with Gasteiger partial charge in [0.25, 0.3) is 0 Å². The third kappa shape index (κ3) is 2.94. The molecule has 1 aliphatic rings. The number of aliphatic carboxylic acids is 1. The molecule has 0 fully saturated rings. The third-order valence-electron chi connectivity index (χ3n) is 3.19. The molecule has 6 heteroatoms. The van der Waals surface area contributed by atoms with Crippen LogP contribution < -0.4 is 0 Å². The fraction of sp³-hybridized carbons (Fsp3) is 0.615. The van der Waals surface area contributed by atoms with E-state index >= 15 is 0 Å². The van der Waals surface area contributed by atoms with Gasteiger partial charge in [0, 0.05) is 12.8 Å². The van der Waals surface area contributed by atoms with Gasteiger partial charge in [-0.2, -0.15) is 0 Å². The molecule has 1 aliphatic heterocycles. The van der Waals surface area contributed by atoms with E-state index in [9.17, 15) is 14.7 Å². The number of imidazole rings is 1.